The second-order valence-corrected chi connectivity index (χ2v) is 5.33. The van der Waals surface area contributed by atoms with E-state index < -0.39 is 6.10 Å². The number of hydrogen-bond acceptors (Lipinski definition) is 6. The molecule has 1 aromatic heterocycles. The van der Waals surface area contributed by atoms with Crippen molar-refractivity contribution in [2.45, 2.75) is 26.0 Å². The van der Waals surface area contributed by atoms with E-state index in [0.29, 0.717) is 30.4 Å². The van der Waals surface area contributed by atoms with Crippen LogP contribution in [0.3, 0.4) is 0 Å². The van der Waals surface area contributed by atoms with Gasteiger partial charge in [0.2, 0.25) is 5.95 Å². The molecule has 0 aromatic carbocycles. The van der Waals surface area contributed by atoms with Crippen molar-refractivity contribution >= 4 is 11.9 Å². The summed E-state index contributed by atoms with van der Waals surface area (Å²) in [6, 6.07) is -0.310. The molecule has 7 nitrogen and oxygen atoms in total. The molecule has 0 radical (unpaired) electrons. The molecular formula is C14H22N4O3. The van der Waals surface area contributed by atoms with E-state index in [0.717, 1.165) is 0 Å². The van der Waals surface area contributed by atoms with Gasteiger partial charge in [-0.3, -0.25) is 4.79 Å². The van der Waals surface area contributed by atoms with Crippen LogP contribution in [0.2, 0.25) is 0 Å². The molecule has 21 heavy (non-hydrogen) atoms. The van der Waals surface area contributed by atoms with Gasteiger partial charge in [0.25, 0.3) is 5.91 Å². The van der Waals surface area contributed by atoms with Crippen molar-refractivity contribution in [2.24, 2.45) is 0 Å². The van der Waals surface area contributed by atoms with Crippen molar-refractivity contribution in [1.82, 2.24) is 14.9 Å². The second-order valence-electron chi connectivity index (χ2n) is 5.33. The number of aliphatic hydroxyl groups excluding tert-OH is 1. The Morgan fingerprint density at radius 2 is 2.19 bits per heavy atom. The molecule has 1 aromatic rings. The van der Waals surface area contributed by atoms with Crippen LogP contribution >= 0.6 is 0 Å². The number of aryl methyl sites for hydroxylation is 1. The Hall–Kier alpha value is -1.73. The number of likely N-dealkylation sites (N-methyl/N-ethyl adjacent to an activating group) is 1. The van der Waals surface area contributed by atoms with Gasteiger partial charge < -0.3 is 19.6 Å². The standard InChI is InChI=1S/C14H22N4O3/c1-5-18(11-7-21-8-12(11)19)13(20)10-6-15-14(17(3)4)16-9(10)2/h6,11-12,19H,5,7-8H2,1-4H3/t11-,12-/m1/s1. The third-order valence-electron chi connectivity index (χ3n) is 3.62. The van der Waals surface area contributed by atoms with E-state index in [1.54, 1.807) is 22.9 Å². The van der Waals surface area contributed by atoms with E-state index in [9.17, 15) is 9.90 Å². The van der Waals surface area contributed by atoms with Gasteiger partial charge in [-0.05, 0) is 13.8 Å². The number of amides is 1. The maximum absolute atomic E-state index is 12.7. The van der Waals surface area contributed by atoms with E-state index in [2.05, 4.69) is 9.97 Å². The summed E-state index contributed by atoms with van der Waals surface area (Å²) in [5.74, 6) is 0.395. The number of carbonyl (C=O) groups excluding carboxylic acids is 1. The molecule has 116 valence electrons. The topological polar surface area (TPSA) is 78.8 Å². The maximum atomic E-state index is 12.7. The molecule has 0 spiro atoms. The van der Waals surface area contributed by atoms with Crippen LogP contribution in [0.15, 0.2) is 6.20 Å². The number of aromatic nitrogens is 2. The zero-order chi connectivity index (χ0) is 15.6. The molecule has 0 saturated carbocycles. The molecule has 2 heterocycles. The highest BCUT2D eigenvalue weighted by Crippen LogP contribution is 2.18. The number of anilines is 1. The third-order valence-corrected chi connectivity index (χ3v) is 3.62. The number of aliphatic hydroxyl groups is 1. The minimum atomic E-state index is -0.642. The Bertz CT molecular complexity index is 521. The highest BCUT2D eigenvalue weighted by molar-refractivity contribution is 5.95. The molecule has 1 amide bonds. The summed E-state index contributed by atoms with van der Waals surface area (Å²) in [5.41, 5.74) is 1.09. The lowest BCUT2D eigenvalue weighted by molar-refractivity contribution is 0.0519. The van der Waals surface area contributed by atoms with E-state index in [4.69, 9.17) is 4.74 Å². The molecule has 2 rings (SSSR count). The molecule has 1 aliphatic heterocycles. The number of carbonyl (C=O) groups is 1. The minimum Gasteiger partial charge on any atom is -0.388 e. The van der Waals surface area contributed by atoms with Crippen molar-refractivity contribution in [3.05, 3.63) is 17.5 Å². The van der Waals surface area contributed by atoms with Crippen molar-refractivity contribution in [3.8, 4) is 0 Å². The van der Waals surface area contributed by atoms with Gasteiger partial charge in [-0.1, -0.05) is 0 Å². The van der Waals surface area contributed by atoms with Gasteiger partial charge in [0.15, 0.2) is 0 Å². The van der Waals surface area contributed by atoms with Gasteiger partial charge in [0.1, 0.15) is 0 Å². The van der Waals surface area contributed by atoms with Gasteiger partial charge in [-0.15, -0.1) is 0 Å². The van der Waals surface area contributed by atoms with Crippen molar-refractivity contribution < 1.29 is 14.6 Å². The summed E-state index contributed by atoms with van der Waals surface area (Å²) in [7, 11) is 3.70. The number of hydrogen-bond donors (Lipinski definition) is 1. The summed E-state index contributed by atoms with van der Waals surface area (Å²) in [4.78, 5) is 24.6. The maximum Gasteiger partial charge on any atom is 0.257 e. The summed E-state index contributed by atoms with van der Waals surface area (Å²) < 4.78 is 5.24. The van der Waals surface area contributed by atoms with Crippen LogP contribution in [0, 0.1) is 6.92 Å². The normalized spacial score (nSPS) is 21.4. The Labute approximate surface area is 124 Å². The average Bonchev–Trinajstić information content (AvgIpc) is 2.85. The second kappa shape index (κ2) is 6.36. The molecule has 1 saturated heterocycles. The molecule has 1 aliphatic rings. The van der Waals surface area contributed by atoms with Crippen LogP contribution < -0.4 is 4.90 Å². The summed E-state index contributed by atoms with van der Waals surface area (Å²) in [6.07, 6.45) is 0.904. The minimum absolute atomic E-state index is 0.171. The van der Waals surface area contributed by atoms with Crippen LogP contribution in [0.1, 0.15) is 23.0 Å². The third kappa shape index (κ3) is 3.14. The zero-order valence-corrected chi connectivity index (χ0v) is 12.9. The molecule has 0 aliphatic carbocycles. The highest BCUT2D eigenvalue weighted by Gasteiger charge is 2.34. The molecule has 0 unspecified atom stereocenters. The Morgan fingerprint density at radius 1 is 1.48 bits per heavy atom. The highest BCUT2D eigenvalue weighted by atomic mass is 16.5. The largest absolute Gasteiger partial charge is 0.388 e. The van der Waals surface area contributed by atoms with Gasteiger partial charge in [-0.25, -0.2) is 9.97 Å². The predicted molar refractivity (Wildman–Crippen MR) is 78.4 cm³/mol. The molecule has 0 bridgehead atoms. The Morgan fingerprint density at radius 3 is 2.67 bits per heavy atom. The summed E-state index contributed by atoms with van der Waals surface area (Å²) >= 11 is 0. The van der Waals surface area contributed by atoms with E-state index in [1.807, 2.05) is 21.0 Å². The van der Waals surface area contributed by atoms with E-state index >= 15 is 0 Å². The fourth-order valence-electron chi connectivity index (χ4n) is 2.39. The number of ether oxygens (including phenoxy) is 1. The van der Waals surface area contributed by atoms with Crippen LogP contribution in [-0.2, 0) is 4.74 Å². The molecule has 1 fully saturated rings. The molecule has 1 N–H and O–H groups in total. The first-order valence-corrected chi connectivity index (χ1v) is 7.03. The summed E-state index contributed by atoms with van der Waals surface area (Å²) in [6.45, 7) is 4.80. The molecular weight excluding hydrogens is 272 g/mol. The van der Waals surface area contributed by atoms with Crippen LogP contribution in [-0.4, -0.2) is 71.9 Å². The first-order valence-electron chi connectivity index (χ1n) is 7.03. The smallest absolute Gasteiger partial charge is 0.257 e. The Balaban J connectivity index is 2.25. The van der Waals surface area contributed by atoms with E-state index in [1.165, 1.54) is 0 Å². The molecule has 7 heteroatoms. The van der Waals surface area contributed by atoms with Gasteiger partial charge in [0, 0.05) is 26.8 Å². The van der Waals surface area contributed by atoms with Crippen molar-refractivity contribution in [2.75, 3.05) is 38.8 Å². The van der Waals surface area contributed by atoms with Gasteiger partial charge in [0.05, 0.1) is 36.6 Å². The van der Waals surface area contributed by atoms with Crippen molar-refractivity contribution in [1.29, 1.82) is 0 Å². The molecule has 2 atom stereocenters. The fourth-order valence-corrected chi connectivity index (χ4v) is 2.39. The first kappa shape index (κ1) is 15.7. The monoisotopic (exact) mass is 294 g/mol. The first-order chi connectivity index (χ1) is 9.95. The lowest BCUT2D eigenvalue weighted by Crippen LogP contribution is -2.46. The van der Waals surface area contributed by atoms with Crippen LogP contribution in [0.25, 0.3) is 0 Å². The predicted octanol–water partition coefficient (Wildman–Crippen LogP) is 0.0728. The SMILES string of the molecule is CCN(C(=O)c1cnc(N(C)C)nc1C)[C@@H]1COC[C@H]1O. The lowest BCUT2D eigenvalue weighted by atomic mass is 10.1. The Kier molecular flexibility index (Phi) is 4.74. The van der Waals surface area contributed by atoms with Crippen LogP contribution in [0.5, 0.6) is 0 Å². The summed E-state index contributed by atoms with van der Waals surface area (Å²) in [5, 5.41) is 9.92. The number of nitrogens with zero attached hydrogens (tertiary/aromatic N) is 4. The van der Waals surface area contributed by atoms with Crippen LogP contribution in [0.4, 0.5) is 5.95 Å². The van der Waals surface area contributed by atoms with E-state index in [-0.39, 0.29) is 18.6 Å². The number of rotatable bonds is 4. The lowest BCUT2D eigenvalue weighted by Gasteiger charge is -2.29. The van der Waals surface area contributed by atoms with Crippen molar-refractivity contribution in [3.63, 3.8) is 0 Å². The zero-order valence-electron chi connectivity index (χ0n) is 12.9. The fraction of sp³-hybridized carbons (Fsp3) is 0.643. The quantitative estimate of drug-likeness (QED) is 0.847. The van der Waals surface area contributed by atoms with Gasteiger partial charge >= 0.3 is 0 Å². The van der Waals surface area contributed by atoms with Gasteiger partial charge in [-0.2, -0.15) is 0 Å². The average molecular weight is 294 g/mol.